The van der Waals surface area contributed by atoms with Crippen LogP contribution in [0.3, 0.4) is 0 Å². The maximum atomic E-state index is 12.9. The number of hydrogen-bond acceptors (Lipinski definition) is 5. The van der Waals surface area contributed by atoms with E-state index in [1.165, 1.54) is 12.0 Å². The maximum absolute atomic E-state index is 12.9. The van der Waals surface area contributed by atoms with Crippen LogP contribution in [0.5, 0.6) is 5.75 Å². The zero-order valence-electron chi connectivity index (χ0n) is 17.1. The minimum Gasteiger partial charge on any atom is -0.495 e. The number of aromatic nitrogens is 3. The molecule has 0 unspecified atom stereocenters. The van der Waals surface area contributed by atoms with Crippen molar-refractivity contribution in [2.75, 3.05) is 25.5 Å². The number of ether oxygens (including phenoxy) is 1. The zero-order valence-corrected chi connectivity index (χ0v) is 18.7. The molecule has 1 heterocycles. The smallest absolute Gasteiger partial charge is 0.244 e. The van der Waals surface area contributed by atoms with E-state index in [9.17, 15) is 9.59 Å². The van der Waals surface area contributed by atoms with Gasteiger partial charge in [0.2, 0.25) is 11.8 Å². The van der Waals surface area contributed by atoms with Crippen LogP contribution in [0.2, 0.25) is 5.02 Å². The van der Waals surface area contributed by atoms with Gasteiger partial charge in [-0.25, -0.2) is 0 Å². The fourth-order valence-corrected chi connectivity index (χ4v) is 3.33. The molecule has 2 N–H and O–H groups in total. The van der Waals surface area contributed by atoms with Gasteiger partial charge in [0.25, 0.3) is 0 Å². The van der Waals surface area contributed by atoms with Crippen molar-refractivity contribution >= 4 is 41.3 Å². The summed E-state index contributed by atoms with van der Waals surface area (Å²) in [4.78, 5) is 26.9. The maximum Gasteiger partial charge on any atom is 0.244 e. The zero-order chi connectivity index (χ0) is 22.4. The van der Waals surface area contributed by atoms with Crippen LogP contribution in [0.15, 0.2) is 48.5 Å². The van der Waals surface area contributed by atoms with Crippen molar-refractivity contribution in [3.63, 3.8) is 0 Å². The Labute approximate surface area is 189 Å². The molecule has 0 aliphatic carbocycles. The molecule has 0 aliphatic heterocycles. The minimum atomic E-state index is -0.326. The van der Waals surface area contributed by atoms with Gasteiger partial charge in [-0.2, -0.15) is 5.10 Å². The SMILES string of the molecule is CCN(CC(=O)Nc1ccccc1OC)C(=O)Cn1c(-c2ccc(Cl)cc2)n[nH]c1=S. The van der Waals surface area contributed by atoms with Gasteiger partial charge in [0.05, 0.1) is 19.3 Å². The minimum absolute atomic E-state index is 0.0525. The Balaban J connectivity index is 1.72. The van der Waals surface area contributed by atoms with E-state index in [1.54, 1.807) is 47.0 Å². The van der Waals surface area contributed by atoms with Gasteiger partial charge in [-0.3, -0.25) is 19.3 Å². The number of carbonyl (C=O) groups is 2. The van der Waals surface area contributed by atoms with E-state index in [0.29, 0.717) is 33.6 Å². The first kappa shape index (κ1) is 22.5. The molecule has 31 heavy (non-hydrogen) atoms. The molecule has 162 valence electrons. The van der Waals surface area contributed by atoms with Gasteiger partial charge in [0.15, 0.2) is 10.6 Å². The van der Waals surface area contributed by atoms with Crippen LogP contribution in [-0.4, -0.2) is 51.7 Å². The summed E-state index contributed by atoms with van der Waals surface area (Å²) in [6, 6.07) is 14.2. The Morgan fingerprint density at radius 3 is 2.61 bits per heavy atom. The Kier molecular flexibility index (Phi) is 7.43. The van der Waals surface area contributed by atoms with Crippen LogP contribution in [0, 0.1) is 4.77 Å². The van der Waals surface area contributed by atoms with Crippen LogP contribution < -0.4 is 10.1 Å². The van der Waals surface area contributed by atoms with E-state index in [4.69, 9.17) is 28.6 Å². The van der Waals surface area contributed by atoms with Gasteiger partial charge in [-0.1, -0.05) is 23.7 Å². The number of hydrogen-bond donors (Lipinski definition) is 2. The molecular formula is C21H22ClN5O3S. The molecule has 3 rings (SSSR count). The summed E-state index contributed by atoms with van der Waals surface area (Å²) < 4.78 is 7.15. The van der Waals surface area contributed by atoms with Crippen LogP contribution in [0.4, 0.5) is 5.69 Å². The van der Waals surface area contributed by atoms with Gasteiger partial charge in [0, 0.05) is 17.1 Å². The molecule has 1 aromatic heterocycles. The van der Waals surface area contributed by atoms with Crippen molar-refractivity contribution in [3.8, 4) is 17.1 Å². The standard InChI is InChI=1S/C21H22ClN5O3S/c1-3-26(12-18(28)23-16-6-4-5-7-17(16)30-2)19(29)13-27-20(24-25-21(27)31)14-8-10-15(22)11-9-14/h4-11H,3,12-13H2,1-2H3,(H,23,28)(H,25,31). The van der Waals surface area contributed by atoms with Crippen molar-refractivity contribution in [3.05, 3.63) is 58.3 Å². The molecule has 0 saturated heterocycles. The Morgan fingerprint density at radius 2 is 1.94 bits per heavy atom. The van der Waals surface area contributed by atoms with Gasteiger partial charge in [-0.05, 0) is 55.5 Å². The Bertz CT molecular complexity index is 1130. The van der Waals surface area contributed by atoms with E-state index < -0.39 is 0 Å². The molecule has 0 atom stereocenters. The normalized spacial score (nSPS) is 10.5. The fraction of sp³-hybridized carbons (Fsp3) is 0.238. The molecule has 0 aliphatic rings. The molecule has 10 heteroatoms. The monoisotopic (exact) mass is 459 g/mol. The third-order valence-corrected chi connectivity index (χ3v) is 5.17. The van der Waals surface area contributed by atoms with E-state index in [-0.39, 0.29) is 24.9 Å². The van der Waals surface area contributed by atoms with Crippen molar-refractivity contribution in [1.29, 1.82) is 0 Å². The summed E-state index contributed by atoms with van der Waals surface area (Å²) >= 11 is 11.2. The van der Waals surface area contributed by atoms with Crippen molar-refractivity contribution < 1.29 is 14.3 Å². The van der Waals surface area contributed by atoms with E-state index in [2.05, 4.69) is 15.5 Å². The molecule has 0 fully saturated rings. The first-order chi connectivity index (χ1) is 14.9. The second-order valence-corrected chi connectivity index (χ2v) is 7.42. The van der Waals surface area contributed by atoms with Crippen LogP contribution in [0.1, 0.15) is 6.92 Å². The molecule has 2 amide bonds. The number of aromatic amines is 1. The van der Waals surface area contributed by atoms with Crippen molar-refractivity contribution in [1.82, 2.24) is 19.7 Å². The Morgan fingerprint density at radius 1 is 1.23 bits per heavy atom. The van der Waals surface area contributed by atoms with Crippen LogP contribution >= 0.6 is 23.8 Å². The molecule has 8 nitrogen and oxygen atoms in total. The highest BCUT2D eigenvalue weighted by Crippen LogP contribution is 2.23. The lowest BCUT2D eigenvalue weighted by molar-refractivity contribution is -0.135. The third kappa shape index (κ3) is 5.50. The van der Waals surface area contributed by atoms with E-state index in [0.717, 1.165) is 5.56 Å². The van der Waals surface area contributed by atoms with Crippen molar-refractivity contribution in [2.24, 2.45) is 0 Å². The average molecular weight is 460 g/mol. The lowest BCUT2D eigenvalue weighted by Gasteiger charge is -2.21. The second-order valence-electron chi connectivity index (χ2n) is 6.60. The number of methoxy groups -OCH3 is 1. The van der Waals surface area contributed by atoms with Gasteiger partial charge in [0.1, 0.15) is 12.3 Å². The van der Waals surface area contributed by atoms with Gasteiger partial charge in [-0.15, -0.1) is 0 Å². The molecular weight excluding hydrogens is 438 g/mol. The molecule has 0 saturated carbocycles. The predicted octanol–water partition coefficient (Wildman–Crippen LogP) is 3.76. The Hall–Kier alpha value is -3.17. The number of H-pyrrole nitrogens is 1. The largest absolute Gasteiger partial charge is 0.495 e. The van der Waals surface area contributed by atoms with Crippen LogP contribution in [0.25, 0.3) is 11.4 Å². The summed E-state index contributed by atoms with van der Waals surface area (Å²) in [5, 5.41) is 10.3. The predicted molar refractivity (Wildman–Crippen MR) is 122 cm³/mol. The van der Waals surface area contributed by atoms with Crippen LogP contribution in [-0.2, 0) is 16.1 Å². The highest BCUT2D eigenvalue weighted by molar-refractivity contribution is 7.71. The molecule has 0 spiro atoms. The first-order valence-corrected chi connectivity index (χ1v) is 10.3. The van der Waals surface area contributed by atoms with Gasteiger partial charge < -0.3 is 15.0 Å². The molecule has 0 radical (unpaired) electrons. The number of anilines is 1. The lowest BCUT2D eigenvalue weighted by atomic mass is 10.2. The number of nitrogens with zero attached hydrogens (tertiary/aromatic N) is 3. The number of para-hydroxylation sites is 2. The molecule has 2 aromatic carbocycles. The quantitative estimate of drug-likeness (QED) is 0.500. The number of amides is 2. The highest BCUT2D eigenvalue weighted by Gasteiger charge is 2.19. The fourth-order valence-electron chi connectivity index (χ4n) is 3.01. The summed E-state index contributed by atoms with van der Waals surface area (Å²) in [5.74, 6) is 0.478. The average Bonchev–Trinajstić information content (AvgIpc) is 3.13. The lowest BCUT2D eigenvalue weighted by Crippen LogP contribution is -2.39. The van der Waals surface area contributed by atoms with E-state index >= 15 is 0 Å². The summed E-state index contributed by atoms with van der Waals surface area (Å²) in [7, 11) is 1.53. The summed E-state index contributed by atoms with van der Waals surface area (Å²) in [5.41, 5.74) is 1.31. The summed E-state index contributed by atoms with van der Waals surface area (Å²) in [6.45, 7) is 2.01. The number of likely N-dealkylation sites (N-methyl/N-ethyl adjacent to an activating group) is 1. The number of rotatable bonds is 8. The first-order valence-electron chi connectivity index (χ1n) is 9.54. The van der Waals surface area contributed by atoms with E-state index in [1.807, 2.05) is 13.0 Å². The number of carbonyl (C=O) groups excluding carboxylic acids is 2. The molecule has 0 bridgehead atoms. The highest BCUT2D eigenvalue weighted by atomic mass is 35.5. The number of nitrogens with one attached hydrogen (secondary N) is 2. The number of halogens is 1. The number of benzene rings is 2. The summed E-state index contributed by atoms with van der Waals surface area (Å²) in [6.07, 6.45) is 0. The van der Waals surface area contributed by atoms with Gasteiger partial charge >= 0.3 is 0 Å². The topological polar surface area (TPSA) is 92.2 Å². The molecule has 3 aromatic rings. The second kappa shape index (κ2) is 10.2. The third-order valence-electron chi connectivity index (χ3n) is 4.60. The van der Waals surface area contributed by atoms with Crippen molar-refractivity contribution in [2.45, 2.75) is 13.5 Å².